The molecular formula is C17H14N6O3S. The van der Waals surface area contributed by atoms with Gasteiger partial charge in [-0.05, 0) is 31.2 Å². The van der Waals surface area contributed by atoms with E-state index in [1.54, 1.807) is 36.5 Å². The maximum Gasteiger partial charge on any atom is 0.251 e. The van der Waals surface area contributed by atoms with E-state index in [0.29, 0.717) is 40.8 Å². The summed E-state index contributed by atoms with van der Waals surface area (Å²) in [5.41, 5.74) is 2.64. The van der Waals surface area contributed by atoms with Crippen LogP contribution in [0.1, 0.15) is 23.2 Å². The summed E-state index contributed by atoms with van der Waals surface area (Å²) in [5, 5.41) is 6.66. The Hall–Kier alpha value is -3.40. The topological polar surface area (TPSA) is 116 Å². The highest BCUT2D eigenvalue weighted by molar-refractivity contribution is 7.00. The van der Waals surface area contributed by atoms with Crippen molar-refractivity contribution in [3.05, 3.63) is 48.0 Å². The molecule has 136 valence electrons. The first-order chi connectivity index (χ1) is 13.2. The number of pyridine rings is 1. The van der Waals surface area contributed by atoms with Crippen molar-refractivity contribution in [2.75, 3.05) is 6.61 Å². The molecule has 0 aliphatic carbocycles. The third kappa shape index (κ3) is 3.75. The number of carbonyl (C=O) groups excluding carboxylic acids is 1. The van der Waals surface area contributed by atoms with E-state index in [1.807, 2.05) is 6.92 Å². The molecule has 27 heavy (non-hydrogen) atoms. The molecule has 0 saturated heterocycles. The van der Waals surface area contributed by atoms with Crippen molar-refractivity contribution in [2.45, 2.75) is 13.5 Å². The van der Waals surface area contributed by atoms with E-state index in [1.165, 1.54) is 0 Å². The Morgan fingerprint density at radius 3 is 2.93 bits per heavy atom. The van der Waals surface area contributed by atoms with Crippen molar-refractivity contribution in [3.63, 3.8) is 0 Å². The maximum atomic E-state index is 12.3. The second-order valence-electron chi connectivity index (χ2n) is 5.48. The molecule has 0 radical (unpaired) electrons. The monoisotopic (exact) mass is 382 g/mol. The number of fused-ring (bicyclic) bond motifs is 1. The molecule has 0 atom stereocenters. The average Bonchev–Trinajstić information content (AvgIpc) is 3.36. The minimum atomic E-state index is -0.257. The van der Waals surface area contributed by atoms with E-state index in [9.17, 15) is 4.79 Å². The first-order valence-electron chi connectivity index (χ1n) is 8.15. The lowest BCUT2D eigenvalue weighted by atomic mass is 10.2. The molecular weight excluding hydrogens is 368 g/mol. The molecule has 1 aromatic carbocycles. The molecule has 0 unspecified atom stereocenters. The number of nitrogens with zero attached hydrogens (tertiary/aromatic N) is 5. The van der Waals surface area contributed by atoms with Gasteiger partial charge in [-0.25, -0.2) is 4.98 Å². The van der Waals surface area contributed by atoms with Crippen LogP contribution in [0.15, 0.2) is 41.1 Å². The van der Waals surface area contributed by atoms with Crippen molar-refractivity contribution < 1.29 is 14.1 Å². The normalized spacial score (nSPS) is 10.9. The van der Waals surface area contributed by atoms with Gasteiger partial charge in [0.25, 0.3) is 5.91 Å². The summed E-state index contributed by atoms with van der Waals surface area (Å²) in [6.07, 6.45) is 1.61. The Balaban J connectivity index is 1.40. The number of nitrogens with one attached hydrogen (secondary N) is 1. The Bertz CT molecular complexity index is 1080. The minimum absolute atomic E-state index is 0.115. The van der Waals surface area contributed by atoms with Crippen LogP contribution >= 0.6 is 11.7 Å². The fourth-order valence-corrected chi connectivity index (χ4v) is 2.89. The van der Waals surface area contributed by atoms with Crippen LogP contribution < -0.4 is 10.1 Å². The fraction of sp³-hybridized carbons (Fsp3) is 0.176. The first-order valence-corrected chi connectivity index (χ1v) is 8.88. The number of hydrogen-bond acceptors (Lipinski definition) is 9. The van der Waals surface area contributed by atoms with Gasteiger partial charge in [-0.3, -0.25) is 4.79 Å². The highest BCUT2D eigenvalue weighted by atomic mass is 32.1. The molecule has 4 aromatic rings. The van der Waals surface area contributed by atoms with Gasteiger partial charge in [0.1, 0.15) is 11.0 Å². The van der Waals surface area contributed by atoms with Crippen molar-refractivity contribution in [1.82, 2.24) is 29.2 Å². The van der Waals surface area contributed by atoms with Crippen molar-refractivity contribution in [1.29, 1.82) is 0 Å². The maximum absolute atomic E-state index is 12.3. The van der Waals surface area contributed by atoms with Gasteiger partial charge in [0.05, 0.1) is 24.9 Å². The summed E-state index contributed by atoms with van der Waals surface area (Å²) < 4.78 is 18.7. The molecule has 0 saturated carbocycles. The van der Waals surface area contributed by atoms with Crippen LogP contribution in [0.3, 0.4) is 0 Å². The average molecular weight is 382 g/mol. The Kier molecular flexibility index (Phi) is 4.71. The molecule has 0 spiro atoms. The Morgan fingerprint density at radius 1 is 1.22 bits per heavy atom. The van der Waals surface area contributed by atoms with Crippen molar-refractivity contribution in [3.8, 4) is 17.3 Å². The van der Waals surface area contributed by atoms with Gasteiger partial charge >= 0.3 is 0 Å². The van der Waals surface area contributed by atoms with Gasteiger partial charge in [-0.2, -0.15) is 13.7 Å². The number of benzene rings is 1. The summed E-state index contributed by atoms with van der Waals surface area (Å²) in [6.45, 7) is 2.55. The third-order valence-corrected chi connectivity index (χ3v) is 4.23. The Labute approximate surface area is 157 Å². The lowest BCUT2D eigenvalue weighted by Crippen LogP contribution is -2.22. The number of carbonyl (C=O) groups is 1. The van der Waals surface area contributed by atoms with Gasteiger partial charge in [0.2, 0.25) is 17.6 Å². The highest BCUT2D eigenvalue weighted by Gasteiger charge is 2.12. The molecule has 0 aliphatic rings. The zero-order chi connectivity index (χ0) is 18.6. The van der Waals surface area contributed by atoms with Crippen molar-refractivity contribution in [2.24, 2.45) is 0 Å². The predicted molar refractivity (Wildman–Crippen MR) is 97.3 cm³/mol. The minimum Gasteiger partial charge on any atom is -0.478 e. The fourth-order valence-electron chi connectivity index (χ4n) is 2.37. The smallest absolute Gasteiger partial charge is 0.251 e. The summed E-state index contributed by atoms with van der Waals surface area (Å²) in [6, 6.07) is 8.68. The summed E-state index contributed by atoms with van der Waals surface area (Å²) in [7, 11) is 0. The Morgan fingerprint density at radius 2 is 2.11 bits per heavy atom. The zero-order valence-electron chi connectivity index (χ0n) is 14.2. The van der Waals surface area contributed by atoms with Crippen LogP contribution in [0, 0.1) is 0 Å². The third-order valence-electron chi connectivity index (χ3n) is 3.67. The van der Waals surface area contributed by atoms with E-state index in [-0.39, 0.29) is 12.5 Å². The molecule has 9 nitrogen and oxygen atoms in total. The van der Waals surface area contributed by atoms with Crippen LogP contribution in [0.2, 0.25) is 0 Å². The summed E-state index contributed by atoms with van der Waals surface area (Å²) in [5.74, 6) is 0.963. The second kappa shape index (κ2) is 7.46. The lowest BCUT2D eigenvalue weighted by Gasteiger charge is -2.02. The van der Waals surface area contributed by atoms with Crippen LogP contribution in [0.4, 0.5) is 0 Å². The van der Waals surface area contributed by atoms with Crippen LogP contribution in [-0.2, 0) is 6.54 Å². The van der Waals surface area contributed by atoms with Crippen LogP contribution in [0.25, 0.3) is 22.4 Å². The number of hydrogen-bond donors (Lipinski definition) is 1. The SMILES string of the molecule is CCOc1ccc(-c2noc(CNC(=O)c3ccc4nsnc4c3)n2)cn1. The molecule has 4 rings (SSSR count). The predicted octanol–water partition coefficient (Wildman–Crippen LogP) is 2.47. The van der Waals surface area contributed by atoms with E-state index in [4.69, 9.17) is 9.26 Å². The quantitative estimate of drug-likeness (QED) is 0.541. The number of ether oxygens (including phenoxy) is 1. The van der Waals surface area contributed by atoms with Crippen LogP contribution in [0.5, 0.6) is 5.88 Å². The van der Waals surface area contributed by atoms with Gasteiger partial charge in [-0.15, -0.1) is 0 Å². The highest BCUT2D eigenvalue weighted by Crippen LogP contribution is 2.17. The van der Waals surface area contributed by atoms with Crippen molar-refractivity contribution >= 4 is 28.7 Å². The molecule has 1 N–H and O–H groups in total. The standard InChI is InChI=1S/C17H14N6O3S/c1-2-25-14-6-4-11(8-18-14)16-20-15(26-21-16)9-19-17(24)10-3-5-12-13(7-10)23-27-22-12/h3-8H,2,9H2,1H3,(H,19,24). The van der Waals surface area contributed by atoms with Gasteiger partial charge in [-0.1, -0.05) is 5.16 Å². The molecule has 1 amide bonds. The molecule has 0 bridgehead atoms. The molecule has 10 heteroatoms. The molecule has 3 heterocycles. The van der Waals surface area contributed by atoms with Gasteiger partial charge < -0.3 is 14.6 Å². The van der Waals surface area contributed by atoms with E-state index in [2.05, 4.69) is 29.2 Å². The molecule has 0 fully saturated rings. The molecule has 3 aromatic heterocycles. The largest absolute Gasteiger partial charge is 0.478 e. The number of rotatable bonds is 6. The van der Waals surface area contributed by atoms with E-state index in [0.717, 1.165) is 17.2 Å². The van der Waals surface area contributed by atoms with Gasteiger partial charge in [0, 0.05) is 23.4 Å². The lowest BCUT2D eigenvalue weighted by molar-refractivity contribution is 0.0946. The zero-order valence-corrected chi connectivity index (χ0v) is 15.1. The van der Waals surface area contributed by atoms with Gasteiger partial charge in [0.15, 0.2) is 0 Å². The van der Waals surface area contributed by atoms with E-state index < -0.39 is 0 Å². The van der Waals surface area contributed by atoms with E-state index >= 15 is 0 Å². The number of aromatic nitrogens is 5. The second-order valence-corrected chi connectivity index (χ2v) is 6.01. The summed E-state index contributed by atoms with van der Waals surface area (Å²) >= 11 is 1.11. The molecule has 0 aliphatic heterocycles. The first kappa shape index (κ1) is 17.0. The summed E-state index contributed by atoms with van der Waals surface area (Å²) in [4.78, 5) is 20.7. The number of amides is 1. The van der Waals surface area contributed by atoms with Crippen LogP contribution in [-0.4, -0.2) is 36.4 Å².